The molecular formula is C11H22BN. The lowest BCUT2D eigenvalue weighted by Crippen LogP contribution is -2.16. The smallest absolute Gasteiger partial charge is 0.116 e. The fourth-order valence-corrected chi connectivity index (χ4v) is 0.650. The molecule has 0 amide bonds. The summed E-state index contributed by atoms with van der Waals surface area (Å²) in [4.78, 5) is 0. The number of hydrogen-bond acceptors (Lipinski definition) is 1. The minimum Gasteiger partial charge on any atom is -0.306 e. The summed E-state index contributed by atoms with van der Waals surface area (Å²) in [6, 6.07) is 0. The summed E-state index contributed by atoms with van der Waals surface area (Å²) < 4.78 is 0. The standard InChI is InChI=1S/C11H22BN/c1-8(10(2,3)4)7-9(13)11(5,6)12/h7,13H,12H2,1-6H3/b8-7+,13-9?. The van der Waals surface area contributed by atoms with Crippen molar-refractivity contribution in [3.63, 3.8) is 0 Å². The van der Waals surface area contributed by atoms with Gasteiger partial charge in [0.25, 0.3) is 0 Å². The lowest BCUT2D eigenvalue weighted by atomic mass is 9.68. The minimum atomic E-state index is -0.0352. The largest absolute Gasteiger partial charge is 0.306 e. The van der Waals surface area contributed by atoms with Gasteiger partial charge < -0.3 is 5.41 Å². The predicted octanol–water partition coefficient (Wildman–Crippen LogP) is 2.83. The van der Waals surface area contributed by atoms with Gasteiger partial charge in [0.05, 0.1) is 0 Å². The van der Waals surface area contributed by atoms with Crippen LogP contribution < -0.4 is 0 Å². The van der Waals surface area contributed by atoms with E-state index in [9.17, 15) is 0 Å². The highest BCUT2D eigenvalue weighted by atomic mass is 14.4. The minimum absolute atomic E-state index is 0.0352. The monoisotopic (exact) mass is 179 g/mol. The van der Waals surface area contributed by atoms with E-state index in [-0.39, 0.29) is 10.7 Å². The van der Waals surface area contributed by atoms with Gasteiger partial charge in [-0.2, -0.15) is 0 Å². The van der Waals surface area contributed by atoms with Crippen LogP contribution in [-0.4, -0.2) is 13.6 Å². The highest BCUT2D eigenvalue weighted by molar-refractivity contribution is 6.30. The zero-order valence-corrected chi connectivity index (χ0v) is 10.1. The number of nitrogens with one attached hydrogen (secondary N) is 1. The van der Waals surface area contributed by atoms with Gasteiger partial charge in [-0.3, -0.25) is 0 Å². The first-order chi connectivity index (χ1) is 5.55. The van der Waals surface area contributed by atoms with Gasteiger partial charge in [0.15, 0.2) is 0 Å². The molecule has 0 aliphatic rings. The van der Waals surface area contributed by atoms with E-state index in [4.69, 9.17) is 5.41 Å². The zero-order valence-electron chi connectivity index (χ0n) is 10.1. The molecule has 0 saturated heterocycles. The van der Waals surface area contributed by atoms with Crippen molar-refractivity contribution < 1.29 is 0 Å². The summed E-state index contributed by atoms with van der Waals surface area (Å²) in [5, 5.41) is 7.84. The van der Waals surface area contributed by atoms with Crippen LogP contribution in [-0.2, 0) is 0 Å². The highest BCUT2D eigenvalue weighted by Gasteiger charge is 2.18. The topological polar surface area (TPSA) is 23.9 Å². The number of hydrogen-bond donors (Lipinski definition) is 1. The van der Waals surface area contributed by atoms with E-state index in [1.54, 1.807) is 0 Å². The third-order valence-corrected chi connectivity index (χ3v) is 2.35. The lowest BCUT2D eigenvalue weighted by Gasteiger charge is -2.23. The fraction of sp³-hybridized carbons (Fsp3) is 0.727. The molecule has 0 aromatic rings. The maximum Gasteiger partial charge on any atom is 0.116 e. The Hall–Kier alpha value is -0.525. The molecule has 74 valence electrons. The van der Waals surface area contributed by atoms with Crippen molar-refractivity contribution >= 4 is 13.6 Å². The van der Waals surface area contributed by atoms with Crippen LogP contribution in [0.4, 0.5) is 0 Å². The molecule has 0 bridgehead atoms. The Morgan fingerprint density at radius 3 is 1.77 bits per heavy atom. The first kappa shape index (κ1) is 12.5. The third kappa shape index (κ3) is 4.30. The van der Waals surface area contributed by atoms with E-state index in [0.29, 0.717) is 5.71 Å². The van der Waals surface area contributed by atoms with Crippen LogP contribution in [0.1, 0.15) is 41.5 Å². The lowest BCUT2D eigenvalue weighted by molar-refractivity contribution is 0.504. The van der Waals surface area contributed by atoms with E-state index in [2.05, 4.69) is 49.4 Å². The fourth-order valence-electron chi connectivity index (χ4n) is 0.650. The van der Waals surface area contributed by atoms with Gasteiger partial charge >= 0.3 is 0 Å². The molecular weight excluding hydrogens is 157 g/mol. The van der Waals surface area contributed by atoms with Crippen LogP contribution in [0.3, 0.4) is 0 Å². The maximum absolute atomic E-state index is 7.87. The second-order valence-corrected chi connectivity index (χ2v) is 5.74. The Bertz CT molecular complexity index is 225. The molecule has 1 N–H and O–H groups in total. The van der Waals surface area contributed by atoms with E-state index < -0.39 is 0 Å². The van der Waals surface area contributed by atoms with Crippen molar-refractivity contribution in [1.82, 2.24) is 0 Å². The van der Waals surface area contributed by atoms with Crippen LogP contribution in [0.25, 0.3) is 0 Å². The molecule has 0 aliphatic carbocycles. The average Bonchev–Trinajstić information content (AvgIpc) is 1.82. The summed E-state index contributed by atoms with van der Waals surface area (Å²) >= 11 is 0. The molecule has 0 spiro atoms. The summed E-state index contributed by atoms with van der Waals surface area (Å²) in [7, 11) is 2.07. The van der Waals surface area contributed by atoms with Crippen molar-refractivity contribution in [2.24, 2.45) is 5.41 Å². The van der Waals surface area contributed by atoms with Gasteiger partial charge in [0.1, 0.15) is 7.85 Å². The molecule has 0 aliphatic heterocycles. The van der Waals surface area contributed by atoms with Crippen LogP contribution in [0.2, 0.25) is 5.31 Å². The molecule has 0 aromatic heterocycles. The first-order valence-corrected chi connectivity index (χ1v) is 4.83. The molecule has 0 saturated carbocycles. The van der Waals surface area contributed by atoms with E-state index in [1.807, 2.05) is 6.08 Å². The average molecular weight is 179 g/mol. The quantitative estimate of drug-likeness (QED) is 0.497. The maximum atomic E-state index is 7.87. The van der Waals surface area contributed by atoms with Gasteiger partial charge in [0.2, 0.25) is 0 Å². The van der Waals surface area contributed by atoms with Gasteiger partial charge in [-0.15, -0.1) is 0 Å². The van der Waals surface area contributed by atoms with Crippen LogP contribution >= 0.6 is 0 Å². The van der Waals surface area contributed by atoms with Crippen molar-refractivity contribution in [3.8, 4) is 0 Å². The van der Waals surface area contributed by atoms with Crippen molar-refractivity contribution in [2.45, 2.75) is 46.9 Å². The summed E-state index contributed by atoms with van der Waals surface area (Å²) in [6.07, 6.45) is 2.00. The van der Waals surface area contributed by atoms with Crippen molar-refractivity contribution in [3.05, 3.63) is 11.6 Å². The summed E-state index contributed by atoms with van der Waals surface area (Å²) in [5.74, 6) is 0. The molecule has 0 unspecified atom stereocenters. The van der Waals surface area contributed by atoms with E-state index in [0.717, 1.165) is 0 Å². The molecule has 0 heterocycles. The normalized spacial score (nSPS) is 14.5. The molecule has 0 radical (unpaired) electrons. The second kappa shape index (κ2) is 3.69. The van der Waals surface area contributed by atoms with Crippen molar-refractivity contribution in [2.75, 3.05) is 0 Å². The third-order valence-electron chi connectivity index (χ3n) is 2.35. The van der Waals surface area contributed by atoms with E-state index >= 15 is 0 Å². The summed E-state index contributed by atoms with van der Waals surface area (Å²) in [5.41, 5.74) is 2.16. The van der Waals surface area contributed by atoms with Gasteiger partial charge in [0, 0.05) is 5.71 Å². The molecule has 0 aromatic carbocycles. The van der Waals surface area contributed by atoms with Crippen LogP contribution in [0.15, 0.2) is 11.6 Å². The number of rotatable bonds is 2. The number of allylic oxidation sites excluding steroid dienone is 2. The molecule has 13 heavy (non-hydrogen) atoms. The van der Waals surface area contributed by atoms with Gasteiger partial charge in [-0.05, 0) is 23.7 Å². The molecule has 0 rings (SSSR count). The Kier molecular flexibility index (Phi) is 3.54. The first-order valence-electron chi connectivity index (χ1n) is 4.83. The van der Waals surface area contributed by atoms with Gasteiger partial charge in [-0.1, -0.05) is 40.2 Å². The SMILES string of the molecule is BC(C)(C)C(=N)/C=C(\C)C(C)(C)C. The Morgan fingerprint density at radius 1 is 1.15 bits per heavy atom. The molecule has 1 nitrogen and oxygen atoms in total. The van der Waals surface area contributed by atoms with E-state index in [1.165, 1.54) is 5.57 Å². The summed E-state index contributed by atoms with van der Waals surface area (Å²) in [6.45, 7) is 12.8. The molecule has 0 atom stereocenters. The zero-order chi connectivity index (χ0) is 10.9. The Morgan fingerprint density at radius 2 is 1.54 bits per heavy atom. The van der Waals surface area contributed by atoms with Crippen LogP contribution in [0.5, 0.6) is 0 Å². The molecule has 0 fully saturated rings. The Balaban J connectivity index is 4.70. The van der Waals surface area contributed by atoms with Gasteiger partial charge in [-0.25, -0.2) is 0 Å². The van der Waals surface area contributed by atoms with Crippen molar-refractivity contribution in [1.29, 1.82) is 5.41 Å². The second-order valence-electron chi connectivity index (χ2n) is 5.74. The predicted molar refractivity (Wildman–Crippen MR) is 63.5 cm³/mol. The molecule has 2 heteroatoms. The Labute approximate surface area is 83.5 Å². The van der Waals surface area contributed by atoms with Crippen LogP contribution in [0, 0.1) is 10.8 Å². The highest BCUT2D eigenvalue weighted by Crippen LogP contribution is 2.28.